The van der Waals surface area contributed by atoms with Gasteiger partial charge < -0.3 is 9.30 Å². The number of aromatic nitrogens is 3. The van der Waals surface area contributed by atoms with Gasteiger partial charge in [-0.2, -0.15) is 4.37 Å². The van der Waals surface area contributed by atoms with Gasteiger partial charge in [-0.1, -0.05) is 11.6 Å². The lowest BCUT2D eigenvalue weighted by atomic mass is 10.0. The van der Waals surface area contributed by atoms with Gasteiger partial charge in [0.05, 0.1) is 16.1 Å². The van der Waals surface area contributed by atoms with E-state index in [0.29, 0.717) is 11.4 Å². The van der Waals surface area contributed by atoms with Crippen LogP contribution in [0, 0.1) is 13.8 Å². The zero-order valence-electron chi connectivity index (χ0n) is 18.5. The Morgan fingerprint density at radius 3 is 2.45 bits per heavy atom. The van der Waals surface area contributed by atoms with E-state index in [9.17, 15) is 9.59 Å². The van der Waals surface area contributed by atoms with Crippen molar-refractivity contribution in [3.63, 3.8) is 0 Å². The molecule has 160 valence electrons. The van der Waals surface area contributed by atoms with Gasteiger partial charge in [-0.15, -0.1) is 0 Å². The summed E-state index contributed by atoms with van der Waals surface area (Å²) in [4.78, 5) is 25.4. The number of hydrogen-bond donors (Lipinski definition) is 0. The average molecular weight is 436 g/mol. The molecule has 0 bridgehead atoms. The predicted octanol–water partition coefficient (Wildman–Crippen LogP) is 4.61. The minimum absolute atomic E-state index is 0.350. The second-order valence-electron chi connectivity index (χ2n) is 8.73. The number of benzene rings is 2. The largest absolute Gasteiger partial charge is 0.487 e. The molecule has 4 aromatic rings. The fourth-order valence-corrected chi connectivity index (χ4v) is 4.25. The van der Waals surface area contributed by atoms with E-state index in [1.807, 2.05) is 52.0 Å². The topological polar surface area (TPSA) is 66.1 Å². The van der Waals surface area contributed by atoms with Gasteiger partial charge in [0.1, 0.15) is 11.4 Å². The summed E-state index contributed by atoms with van der Waals surface area (Å²) >= 11 is 1.38. The van der Waals surface area contributed by atoms with E-state index in [2.05, 4.69) is 6.07 Å². The van der Waals surface area contributed by atoms with E-state index in [-0.39, 0.29) is 16.9 Å². The molecule has 0 aliphatic heterocycles. The van der Waals surface area contributed by atoms with Crippen LogP contribution in [0.15, 0.2) is 52.1 Å². The van der Waals surface area contributed by atoms with Crippen molar-refractivity contribution in [3.8, 4) is 22.7 Å². The Morgan fingerprint density at radius 1 is 1.00 bits per heavy atom. The number of rotatable bonds is 3. The molecule has 0 saturated carbocycles. The average Bonchev–Trinajstić information content (AvgIpc) is 3.10. The maximum atomic E-state index is 12.8. The van der Waals surface area contributed by atoms with Gasteiger partial charge >= 0.3 is 5.69 Å². The molecule has 2 heterocycles. The Balaban J connectivity index is 1.95. The summed E-state index contributed by atoms with van der Waals surface area (Å²) in [7, 11) is 1.66. The minimum atomic E-state index is -0.374. The molecule has 0 saturated heterocycles. The van der Waals surface area contributed by atoms with Crippen LogP contribution in [0.2, 0.25) is 0 Å². The molecule has 0 fully saturated rings. The first-order valence-electron chi connectivity index (χ1n) is 10.0. The van der Waals surface area contributed by atoms with E-state index >= 15 is 0 Å². The van der Waals surface area contributed by atoms with E-state index in [0.717, 1.165) is 32.7 Å². The van der Waals surface area contributed by atoms with Crippen LogP contribution >= 0.6 is 11.5 Å². The third-order valence-electron chi connectivity index (χ3n) is 5.08. The van der Waals surface area contributed by atoms with Crippen molar-refractivity contribution >= 4 is 21.6 Å². The molecule has 0 atom stereocenters. The highest BCUT2D eigenvalue weighted by Crippen LogP contribution is 2.38. The fraction of sp³-hybridized carbons (Fsp3) is 0.292. The maximum absolute atomic E-state index is 12.8. The molecule has 2 aromatic carbocycles. The highest BCUT2D eigenvalue weighted by Gasteiger charge is 2.19. The van der Waals surface area contributed by atoms with Crippen molar-refractivity contribution in [1.82, 2.24) is 13.5 Å². The Labute approximate surface area is 184 Å². The summed E-state index contributed by atoms with van der Waals surface area (Å²) in [5, 5.41) is 0.876. The summed E-state index contributed by atoms with van der Waals surface area (Å²) in [5.41, 5.74) is 2.82. The quantitative estimate of drug-likeness (QED) is 0.471. The van der Waals surface area contributed by atoms with Crippen molar-refractivity contribution in [3.05, 3.63) is 74.6 Å². The predicted molar refractivity (Wildman–Crippen MR) is 126 cm³/mol. The summed E-state index contributed by atoms with van der Waals surface area (Å²) in [6.45, 7) is 9.79. The third-order valence-corrected chi connectivity index (χ3v) is 5.90. The standard InChI is InChI=1S/C24H25N3O3S/c1-14-7-9-19(30-24(3,4)5)17(11-14)22-18-13-16(8-10-20(18)31-25-22)27-21(28)12-15(2)26(6)23(27)29/h7-13H,1-6H3. The van der Waals surface area contributed by atoms with E-state index in [4.69, 9.17) is 9.11 Å². The second kappa shape index (κ2) is 7.50. The molecule has 0 aliphatic carbocycles. The summed E-state index contributed by atoms with van der Waals surface area (Å²) < 4.78 is 14.5. The molecule has 31 heavy (non-hydrogen) atoms. The highest BCUT2D eigenvalue weighted by atomic mass is 32.1. The fourth-order valence-electron chi connectivity index (χ4n) is 3.48. The van der Waals surface area contributed by atoms with Crippen molar-refractivity contribution in [2.24, 2.45) is 7.05 Å². The van der Waals surface area contributed by atoms with Crippen LogP contribution in [0.5, 0.6) is 5.75 Å². The van der Waals surface area contributed by atoms with Crippen molar-refractivity contribution in [1.29, 1.82) is 0 Å². The normalized spacial score (nSPS) is 11.8. The molecule has 0 spiro atoms. The molecule has 2 aromatic heterocycles. The molecule has 4 rings (SSSR count). The molecule has 0 radical (unpaired) electrons. The third kappa shape index (κ3) is 3.93. The van der Waals surface area contributed by atoms with Crippen molar-refractivity contribution in [2.75, 3.05) is 0 Å². The number of ether oxygens (including phenoxy) is 1. The molecule has 0 aliphatic rings. The number of nitrogens with zero attached hydrogens (tertiary/aromatic N) is 3. The molecule has 0 unspecified atom stereocenters. The van der Waals surface area contributed by atoms with Crippen LogP contribution in [0.3, 0.4) is 0 Å². The van der Waals surface area contributed by atoms with Crippen LogP contribution < -0.4 is 16.0 Å². The van der Waals surface area contributed by atoms with Gasteiger partial charge in [0.15, 0.2) is 0 Å². The molecule has 0 N–H and O–H groups in total. The first kappa shape index (κ1) is 21.1. The first-order valence-corrected chi connectivity index (χ1v) is 10.8. The van der Waals surface area contributed by atoms with E-state index in [1.54, 1.807) is 20.0 Å². The van der Waals surface area contributed by atoms with E-state index < -0.39 is 0 Å². The highest BCUT2D eigenvalue weighted by molar-refractivity contribution is 7.13. The zero-order valence-corrected chi connectivity index (χ0v) is 19.3. The lowest BCUT2D eigenvalue weighted by Gasteiger charge is -2.23. The molecular formula is C24H25N3O3S. The van der Waals surface area contributed by atoms with Gasteiger partial charge in [-0.05, 0) is 76.5 Å². The van der Waals surface area contributed by atoms with Crippen molar-refractivity contribution < 1.29 is 4.74 Å². The van der Waals surface area contributed by atoms with Gasteiger partial charge in [0.25, 0.3) is 5.56 Å². The monoisotopic (exact) mass is 435 g/mol. The lowest BCUT2D eigenvalue weighted by Crippen LogP contribution is -2.38. The lowest BCUT2D eigenvalue weighted by molar-refractivity contribution is 0.131. The van der Waals surface area contributed by atoms with Crippen LogP contribution in [0.25, 0.3) is 27.0 Å². The first-order chi connectivity index (χ1) is 14.5. The smallest absolute Gasteiger partial charge is 0.335 e. The van der Waals surface area contributed by atoms with Crippen LogP contribution in [-0.4, -0.2) is 19.1 Å². The van der Waals surface area contributed by atoms with E-state index in [1.165, 1.54) is 26.7 Å². The SMILES string of the molecule is Cc1ccc(OC(C)(C)C)c(-c2nsc3ccc(-n4c(=O)cc(C)n(C)c4=O)cc23)c1. The van der Waals surface area contributed by atoms with Gasteiger partial charge in [0.2, 0.25) is 0 Å². The van der Waals surface area contributed by atoms with Crippen molar-refractivity contribution in [2.45, 2.75) is 40.2 Å². The molecule has 6 nitrogen and oxygen atoms in total. The van der Waals surface area contributed by atoms with Gasteiger partial charge in [0, 0.05) is 29.8 Å². The van der Waals surface area contributed by atoms with Crippen LogP contribution in [0.1, 0.15) is 32.0 Å². The zero-order chi connectivity index (χ0) is 22.5. The van der Waals surface area contributed by atoms with Gasteiger partial charge in [-0.25, -0.2) is 9.36 Å². The maximum Gasteiger partial charge on any atom is 0.335 e. The summed E-state index contributed by atoms with van der Waals surface area (Å²) in [6.07, 6.45) is 0. The summed E-state index contributed by atoms with van der Waals surface area (Å²) in [5.74, 6) is 0.749. The second-order valence-corrected chi connectivity index (χ2v) is 9.53. The van der Waals surface area contributed by atoms with Crippen LogP contribution in [0.4, 0.5) is 0 Å². The van der Waals surface area contributed by atoms with Gasteiger partial charge in [-0.3, -0.25) is 4.79 Å². The molecular weight excluding hydrogens is 410 g/mol. The summed E-state index contributed by atoms with van der Waals surface area (Å²) in [6, 6.07) is 13.0. The van der Waals surface area contributed by atoms with Crippen LogP contribution in [-0.2, 0) is 7.05 Å². The Kier molecular flexibility index (Phi) is 5.09. The number of aryl methyl sites for hydroxylation is 2. The Morgan fingerprint density at radius 2 is 1.74 bits per heavy atom. The number of hydrogen-bond acceptors (Lipinski definition) is 5. The Hall–Kier alpha value is -3.19. The Bertz CT molecular complexity index is 1420. The number of fused-ring (bicyclic) bond motifs is 1. The minimum Gasteiger partial charge on any atom is -0.487 e. The molecule has 0 amide bonds. The molecule has 7 heteroatoms.